The molecule has 1 aromatic carbocycles. The molecule has 0 spiro atoms. The molecule has 2 aromatic rings. The molecule has 3 rings (SSSR count). The Morgan fingerprint density at radius 3 is 2.67 bits per heavy atom. The van der Waals surface area contributed by atoms with Crippen molar-refractivity contribution in [3.8, 4) is 11.4 Å². The monoisotopic (exact) mass is 330 g/mol. The van der Waals surface area contributed by atoms with Gasteiger partial charge in [-0.1, -0.05) is 19.0 Å². The fraction of sp³-hybridized carbons (Fsp3) is 0.471. The third kappa shape index (κ3) is 2.59. The van der Waals surface area contributed by atoms with Crippen LogP contribution in [0.3, 0.4) is 0 Å². The van der Waals surface area contributed by atoms with E-state index in [-0.39, 0.29) is 12.0 Å². The maximum Gasteiger partial charge on any atom is 0.245 e. The topological polar surface area (TPSA) is 103 Å². The van der Waals surface area contributed by atoms with Crippen molar-refractivity contribution in [2.45, 2.75) is 38.8 Å². The quantitative estimate of drug-likeness (QED) is 0.871. The molecule has 1 amide bonds. The van der Waals surface area contributed by atoms with Crippen molar-refractivity contribution >= 4 is 11.6 Å². The molecule has 0 aliphatic heterocycles. The van der Waals surface area contributed by atoms with Gasteiger partial charge in [-0.3, -0.25) is 4.79 Å². The number of aromatic nitrogens is 2. The molecule has 7 heteroatoms. The van der Waals surface area contributed by atoms with Gasteiger partial charge in [0.1, 0.15) is 5.54 Å². The SMILES string of the molecule is CCOC1CC(N)(C(=O)Nc2ccc(-c3ncon3)cc2)C1(C)C. The number of benzene rings is 1. The number of hydrogen-bond donors (Lipinski definition) is 2. The summed E-state index contributed by atoms with van der Waals surface area (Å²) in [5, 5.41) is 6.67. The number of ether oxygens (including phenoxy) is 1. The predicted octanol–water partition coefficient (Wildman–Crippen LogP) is 2.21. The van der Waals surface area contributed by atoms with E-state index in [1.54, 1.807) is 12.1 Å². The number of anilines is 1. The first-order chi connectivity index (χ1) is 11.4. The minimum absolute atomic E-state index is 0.00105. The van der Waals surface area contributed by atoms with Crippen molar-refractivity contribution in [3.63, 3.8) is 0 Å². The van der Waals surface area contributed by atoms with Crippen LogP contribution in [0.25, 0.3) is 11.4 Å². The Balaban J connectivity index is 1.69. The summed E-state index contributed by atoms with van der Waals surface area (Å²) in [5.74, 6) is 0.304. The molecule has 2 unspecified atom stereocenters. The summed E-state index contributed by atoms with van der Waals surface area (Å²) in [6.45, 7) is 6.49. The van der Waals surface area contributed by atoms with Crippen LogP contribution in [0.2, 0.25) is 0 Å². The fourth-order valence-electron chi connectivity index (χ4n) is 3.06. The number of nitrogens with zero attached hydrogens (tertiary/aromatic N) is 2. The van der Waals surface area contributed by atoms with E-state index in [1.165, 1.54) is 6.39 Å². The predicted molar refractivity (Wildman–Crippen MR) is 89.1 cm³/mol. The van der Waals surface area contributed by atoms with E-state index >= 15 is 0 Å². The Morgan fingerprint density at radius 1 is 1.42 bits per heavy atom. The van der Waals surface area contributed by atoms with Crippen molar-refractivity contribution in [1.82, 2.24) is 10.1 Å². The van der Waals surface area contributed by atoms with Gasteiger partial charge in [-0.2, -0.15) is 4.98 Å². The summed E-state index contributed by atoms with van der Waals surface area (Å²) in [6.07, 6.45) is 1.79. The van der Waals surface area contributed by atoms with Crippen LogP contribution in [0, 0.1) is 5.41 Å². The van der Waals surface area contributed by atoms with Gasteiger partial charge in [-0.05, 0) is 31.2 Å². The molecule has 1 aromatic heterocycles. The average Bonchev–Trinajstić information content (AvgIpc) is 3.09. The summed E-state index contributed by atoms with van der Waals surface area (Å²) in [7, 11) is 0. The van der Waals surface area contributed by atoms with Crippen LogP contribution in [0.1, 0.15) is 27.2 Å². The maximum absolute atomic E-state index is 12.7. The standard InChI is InChI=1S/C17H22N4O3/c1-4-23-13-9-17(18,16(13,2)3)15(22)20-12-7-5-11(6-8-12)14-19-10-24-21-14/h5-8,10,13H,4,9,18H2,1-3H3,(H,20,22). The van der Waals surface area contributed by atoms with Gasteiger partial charge in [0, 0.05) is 29.7 Å². The smallest absolute Gasteiger partial charge is 0.245 e. The molecule has 0 saturated heterocycles. The van der Waals surface area contributed by atoms with E-state index < -0.39 is 11.0 Å². The molecule has 1 saturated carbocycles. The number of nitrogens with two attached hydrogens (primary N) is 1. The number of carbonyl (C=O) groups excluding carboxylic acids is 1. The van der Waals surface area contributed by atoms with Crippen molar-refractivity contribution in [3.05, 3.63) is 30.7 Å². The lowest BCUT2D eigenvalue weighted by Gasteiger charge is -2.57. The van der Waals surface area contributed by atoms with Gasteiger partial charge in [-0.15, -0.1) is 0 Å². The molecule has 1 aliphatic rings. The first kappa shape index (κ1) is 16.6. The molecule has 24 heavy (non-hydrogen) atoms. The number of nitrogens with one attached hydrogen (secondary N) is 1. The van der Waals surface area contributed by atoms with E-state index in [0.29, 0.717) is 24.5 Å². The maximum atomic E-state index is 12.7. The van der Waals surface area contributed by atoms with Crippen molar-refractivity contribution in [1.29, 1.82) is 0 Å². The first-order valence-electron chi connectivity index (χ1n) is 7.97. The first-order valence-corrected chi connectivity index (χ1v) is 7.97. The number of rotatable bonds is 5. The molecule has 0 radical (unpaired) electrons. The highest BCUT2D eigenvalue weighted by Gasteiger charge is 2.62. The normalized spacial score (nSPS) is 25.1. The fourth-order valence-corrected chi connectivity index (χ4v) is 3.06. The second-order valence-electron chi connectivity index (χ2n) is 6.63. The molecular formula is C17H22N4O3. The number of carbonyl (C=O) groups is 1. The van der Waals surface area contributed by atoms with Crippen molar-refractivity contribution in [2.75, 3.05) is 11.9 Å². The van der Waals surface area contributed by atoms with Gasteiger partial charge in [0.25, 0.3) is 0 Å². The lowest BCUT2D eigenvalue weighted by Crippen LogP contribution is -2.74. The van der Waals surface area contributed by atoms with Gasteiger partial charge < -0.3 is 20.3 Å². The third-order valence-corrected chi connectivity index (χ3v) is 5.00. The molecule has 2 atom stereocenters. The highest BCUT2D eigenvalue weighted by molar-refractivity contribution is 5.99. The third-order valence-electron chi connectivity index (χ3n) is 5.00. The van der Waals surface area contributed by atoms with E-state index in [9.17, 15) is 4.79 Å². The Morgan fingerprint density at radius 2 is 2.12 bits per heavy atom. The van der Waals surface area contributed by atoms with Crippen LogP contribution >= 0.6 is 0 Å². The minimum atomic E-state index is -0.945. The zero-order valence-electron chi connectivity index (χ0n) is 14.1. The Bertz CT molecular complexity index is 712. The Kier molecular flexibility index (Phi) is 4.15. The minimum Gasteiger partial charge on any atom is -0.378 e. The summed E-state index contributed by atoms with van der Waals surface area (Å²) < 4.78 is 10.4. The van der Waals surface area contributed by atoms with Crippen LogP contribution in [0.5, 0.6) is 0 Å². The summed E-state index contributed by atoms with van der Waals surface area (Å²) in [4.78, 5) is 16.6. The number of hydrogen-bond acceptors (Lipinski definition) is 6. The summed E-state index contributed by atoms with van der Waals surface area (Å²) >= 11 is 0. The van der Waals surface area contributed by atoms with Gasteiger partial charge >= 0.3 is 0 Å². The van der Waals surface area contributed by atoms with Gasteiger partial charge in [-0.25, -0.2) is 0 Å². The van der Waals surface area contributed by atoms with Crippen LogP contribution in [0.4, 0.5) is 5.69 Å². The average molecular weight is 330 g/mol. The molecular weight excluding hydrogens is 308 g/mol. The number of amides is 1. The van der Waals surface area contributed by atoms with Crippen LogP contribution in [-0.2, 0) is 9.53 Å². The molecule has 1 fully saturated rings. The lowest BCUT2D eigenvalue weighted by molar-refractivity contribution is -0.166. The van der Waals surface area contributed by atoms with Gasteiger partial charge in [0.15, 0.2) is 0 Å². The zero-order valence-corrected chi connectivity index (χ0v) is 14.1. The Labute approximate surface area is 140 Å². The van der Waals surface area contributed by atoms with Crippen LogP contribution < -0.4 is 11.1 Å². The molecule has 128 valence electrons. The van der Waals surface area contributed by atoms with Crippen LogP contribution in [0.15, 0.2) is 35.2 Å². The second-order valence-corrected chi connectivity index (χ2v) is 6.63. The van der Waals surface area contributed by atoms with E-state index in [1.807, 2.05) is 32.9 Å². The lowest BCUT2D eigenvalue weighted by atomic mass is 9.54. The molecule has 3 N–H and O–H groups in total. The molecule has 7 nitrogen and oxygen atoms in total. The van der Waals surface area contributed by atoms with Crippen molar-refractivity contribution < 1.29 is 14.1 Å². The Hall–Kier alpha value is -2.25. The summed E-state index contributed by atoms with van der Waals surface area (Å²) in [5.41, 5.74) is 6.49. The van der Waals surface area contributed by atoms with Gasteiger partial charge in [0.05, 0.1) is 6.10 Å². The van der Waals surface area contributed by atoms with E-state index in [4.69, 9.17) is 15.0 Å². The van der Waals surface area contributed by atoms with Gasteiger partial charge in [0.2, 0.25) is 18.1 Å². The zero-order chi connectivity index (χ0) is 17.4. The highest BCUT2D eigenvalue weighted by Crippen LogP contribution is 2.50. The largest absolute Gasteiger partial charge is 0.378 e. The molecule has 0 bridgehead atoms. The van der Waals surface area contributed by atoms with Crippen molar-refractivity contribution in [2.24, 2.45) is 11.1 Å². The summed E-state index contributed by atoms with van der Waals surface area (Å²) in [6, 6.07) is 7.22. The van der Waals surface area contributed by atoms with E-state index in [2.05, 4.69) is 15.5 Å². The molecule has 1 aliphatic carbocycles. The van der Waals surface area contributed by atoms with E-state index in [0.717, 1.165) is 5.56 Å². The second kappa shape index (κ2) is 5.99. The van der Waals surface area contributed by atoms with Crippen LogP contribution in [-0.4, -0.2) is 34.3 Å². The highest BCUT2D eigenvalue weighted by atomic mass is 16.5. The molecule has 1 heterocycles.